The monoisotopic (exact) mass is 967 g/mol. The predicted octanol–water partition coefficient (Wildman–Crippen LogP) is 20.4. The summed E-state index contributed by atoms with van der Waals surface area (Å²) in [6.45, 7) is 21.1. The Hall–Kier alpha value is -8.40. The van der Waals surface area contributed by atoms with Crippen molar-refractivity contribution >= 4 is 93.3 Å². The smallest absolute Gasteiger partial charge is 0.0620 e. The Morgan fingerprint density at radius 3 is 1.27 bits per heavy atom. The molecule has 14 aromatic rings. The first kappa shape index (κ1) is 45.2. The van der Waals surface area contributed by atoms with Gasteiger partial charge < -0.3 is 13.7 Å². The van der Waals surface area contributed by atoms with E-state index < -0.39 is 0 Å². The Kier molecular flexibility index (Phi) is 9.68. The van der Waals surface area contributed by atoms with Crippen LogP contribution in [0, 0.1) is 0 Å². The molecule has 3 nitrogen and oxygen atoms in total. The van der Waals surface area contributed by atoms with Gasteiger partial charge in [0.2, 0.25) is 0 Å². The van der Waals surface area contributed by atoms with Crippen LogP contribution in [0.15, 0.2) is 206 Å². The van der Waals surface area contributed by atoms with Crippen LogP contribution in [0.25, 0.3) is 110 Å². The van der Waals surface area contributed by atoms with E-state index in [1.807, 2.05) is 0 Å². The Balaban J connectivity index is 1.11. The third-order valence-corrected chi connectivity index (χ3v) is 16.4. The molecule has 0 saturated carbocycles. The fraction of sp³-hybridized carbons (Fsp3) is 0.167. The maximum atomic E-state index is 2.61. The first-order valence-corrected chi connectivity index (χ1v) is 26.8. The highest BCUT2D eigenvalue weighted by molar-refractivity contribution is 6.29. The summed E-state index contributed by atoms with van der Waals surface area (Å²) >= 11 is 0. The van der Waals surface area contributed by atoms with Crippen molar-refractivity contribution in [3.8, 4) is 33.4 Å². The number of hydrogen-bond donors (Lipinski definition) is 0. The van der Waals surface area contributed by atoms with Gasteiger partial charge in [-0.15, -0.1) is 0 Å². The summed E-state index contributed by atoms with van der Waals surface area (Å²) < 4.78 is 5.19. The number of anilines is 3. The zero-order valence-electron chi connectivity index (χ0n) is 44.5. The molecule has 0 aliphatic heterocycles. The Morgan fingerprint density at radius 2 is 0.733 bits per heavy atom. The van der Waals surface area contributed by atoms with Gasteiger partial charge in [-0.3, -0.25) is 0 Å². The molecule has 3 heteroatoms. The Labute approximate surface area is 439 Å². The van der Waals surface area contributed by atoms with Gasteiger partial charge >= 0.3 is 0 Å². The van der Waals surface area contributed by atoms with Crippen molar-refractivity contribution in [3.63, 3.8) is 0 Å². The number of fused-ring (bicyclic) bond motifs is 12. The van der Waals surface area contributed by atoms with Crippen molar-refractivity contribution in [1.82, 2.24) is 8.80 Å². The van der Waals surface area contributed by atoms with Crippen molar-refractivity contribution in [2.24, 2.45) is 0 Å². The van der Waals surface area contributed by atoms with Crippen molar-refractivity contribution < 1.29 is 0 Å². The van der Waals surface area contributed by atoms with E-state index >= 15 is 0 Å². The molecule has 0 spiro atoms. The van der Waals surface area contributed by atoms with E-state index in [0.717, 1.165) is 22.6 Å². The van der Waals surface area contributed by atoms with Gasteiger partial charge in [0, 0.05) is 60.0 Å². The van der Waals surface area contributed by atoms with E-state index in [2.05, 4.69) is 282 Å². The molecule has 75 heavy (non-hydrogen) atoms. The lowest BCUT2D eigenvalue weighted by Gasteiger charge is -2.30. The lowest BCUT2D eigenvalue weighted by molar-refractivity contribution is 0.590. The molecule has 10 aromatic carbocycles. The largest absolute Gasteiger partial charge is 0.310 e. The molecule has 0 aliphatic carbocycles. The van der Waals surface area contributed by atoms with E-state index in [1.165, 1.54) is 121 Å². The Morgan fingerprint density at radius 1 is 0.293 bits per heavy atom. The number of rotatable bonds is 6. The standard InChI is InChI=1S/C72H61N3/c1-70(2,3)48-30-33-62-55(36-48)59-38-50(72(7,8)9)40-61-56-43-65-57(42-64(56)74(62)69(59)61)60-39-49(71(4,5)6)37-58-53-32-31-52(41-63(53)75(65)68(58)60)73(51-28-20-13-21-29-51)66-35-47(44-22-14-10-15-23-44)34-54(45-24-16-11-17-25-45)67(66)46-26-18-12-19-27-46/h10-43H,1-9H3. The number of aromatic nitrogens is 2. The maximum absolute atomic E-state index is 2.61. The van der Waals surface area contributed by atoms with E-state index in [9.17, 15) is 0 Å². The van der Waals surface area contributed by atoms with Gasteiger partial charge in [-0.1, -0.05) is 184 Å². The maximum Gasteiger partial charge on any atom is 0.0620 e. The summed E-state index contributed by atoms with van der Waals surface area (Å²) in [6, 6.07) is 78.0. The van der Waals surface area contributed by atoms with Gasteiger partial charge in [-0.25, -0.2) is 0 Å². The minimum atomic E-state index is -0.0656. The molecule has 0 bridgehead atoms. The van der Waals surface area contributed by atoms with Crippen LogP contribution in [0.4, 0.5) is 17.1 Å². The lowest BCUT2D eigenvalue weighted by atomic mass is 9.84. The van der Waals surface area contributed by atoms with Gasteiger partial charge in [0.15, 0.2) is 0 Å². The molecule has 0 atom stereocenters. The van der Waals surface area contributed by atoms with Crippen LogP contribution in [0.3, 0.4) is 0 Å². The van der Waals surface area contributed by atoms with Gasteiger partial charge in [-0.05, 0) is 146 Å². The molecular weight excluding hydrogens is 907 g/mol. The summed E-state index contributed by atoms with van der Waals surface area (Å²) in [5.41, 5.74) is 21.9. The molecule has 0 N–H and O–H groups in total. The molecule has 0 fully saturated rings. The molecule has 0 unspecified atom stereocenters. The van der Waals surface area contributed by atoms with Crippen LogP contribution in [-0.2, 0) is 16.2 Å². The highest BCUT2D eigenvalue weighted by Gasteiger charge is 2.29. The second-order valence-electron chi connectivity index (χ2n) is 24.3. The van der Waals surface area contributed by atoms with Gasteiger partial charge in [0.05, 0.1) is 38.8 Å². The fourth-order valence-corrected chi connectivity index (χ4v) is 12.4. The highest BCUT2D eigenvalue weighted by Crippen LogP contribution is 2.51. The average Bonchev–Trinajstić information content (AvgIpc) is 4.19. The van der Waals surface area contributed by atoms with Crippen molar-refractivity contribution in [3.05, 3.63) is 223 Å². The quantitative estimate of drug-likeness (QED) is 0.162. The molecule has 0 amide bonds. The molecule has 4 aromatic heterocycles. The van der Waals surface area contributed by atoms with Crippen molar-refractivity contribution in [2.75, 3.05) is 4.90 Å². The van der Waals surface area contributed by atoms with E-state index in [0.29, 0.717) is 0 Å². The summed E-state index contributed by atoms with van der Waals surface area (Å²) in [4.78, 5) is 2.50. The third kappa shape index (κ3) is 6.94. The van der Waals surface area contributed by atoms with Crippen LogP contribution in [0.5, 0.6) is 0 Å². The van der Waals surface area contributed by atoms with Crippen LogP contribution >= 0.6 is 0 Å². The number of para-hydroxylation sites is 1. The second kappa shape index (κ2) is 16.1. The summed E-state index contributed by atoms with van der Waals surface area (Å²) in [6.07, 6.45) is 0. The number of benzene rings is 10. The first-order valence-electron chi connectivity index (χ1n) is 26.8. The summed E-state index contributed by atoms with van der Waals surface area (Å²) in [7, 11) is 0. The lowest BCUT2D eigenvalue weighted by Crippen LogP contribution is -2.12. The zero-order valence-corrected chi connectivity index (χ0v) is 44.5. The third-order valence-electron chi connectivity index (χ3n) is 16.4. The molecule has 0 radical (unpaired) electrons. The minimum Gasteiger partial charge on any atom is -0.310 e. The summed E-state index contributed by atoms with van der Waals surface area (Å²) in [5, 5.41) is 10.4. The SMILES string of the molecule is CC(C)(C)c1ccc2c(c1)c1cc(C(C)(C)C)cc3c4cc5c(cc4n2c13)c1cc(C(C)(C)C)cc2c3ccc(N(c4ccccc4)c4cc(-c6ccccc6)cc(-c6ccccc6)c4-c4ccccc4)cc3n5c21. The van der Waals surface area contributed by atoms with Crippen LogP contribution in [0.2, 0.25) is 0 Å². The van der Waals surface area contributed by atoms with Crippen LogP contribution < -0.4 is 4.90 Å². The zero-order chi connectivity index (χ0) is 51.3. The summed E-state index contributed by atoms with van der Waals surface area (Å²) in [5.74, 6) is 0. The highest BCUT2D eigenvalue weighted by atomic mass is 15.1. The fourth-order valence-electron chi connectivity index (χ4n) is 12.4. The van der Waals surface area contributed by atoms with Crippen LogP contribution in [0.1, 0.15) is 79.0 Å². The van der Waals surface area contributed by atoms with E-state index in [1.54, 1.807) is 0 Å². The minimum absolute atomic E-state index is 0.0352. The topological polar surface area (TPSA) is 12.1 Å². The van der Waals surface area contributed by atoms with Crippen molar-refractivity contribution in [1.29, 1.82) is 0 Å². The number of hydrogen-bond acceptors (Lipinski definition) is 1. The predicted molar refractivity (Wildman–Crippen MR) is 323 cm³/mol. The van der Waals surface area contributed by atoms with Crippen molar-refractivity contribution in [2.45, 2.75) is 78.6 Å². The van der Waals surface area contributed by atoms with Gasteiger partial charge in [0.25, 0.3) is 0 Å². The molecule has 364 valence electrons. The Bertz CT molecular complexity index is 4540. The molecule has 0 saturated heterocycles. The molecule has 0 aliphatic rings. The molecular formula is C72H61N3. The van der Waals surface area contributed by atoms with Crippen LogP contribution in [-0.4, -0.2) is 8.80 Å². The molecule has 14 rings (SSSR count). The van der Waals surface area contributed by atoms with Gasteiger partial charge in [-0.2, -0.15) is 0 Å². The second-order valence-corrected chi connectivity index (χ2v) is 24.3. The normalized spacial score (nSPS) is 12.9. The first-order chi connectivity index (χ1) is 36.1. The van der Waals surface area contributed by atoms with Gasteiger partial charge in [0.1, 0.15) is 0 Å². The average molecular weight is 968 g/mol. The van der Waals surface area contributed by atoms with E-state index in [4.69, 9.17) is 0 Å². The number of nitrogens with zero attached hydrogens (tertiary/aromatic N) is 3. The van der Waals surface area contributed by atoms with E-state index in [-0.39, 0.29) is 16.2 Å². The molecule has 4 heterocycles.